The van der Waals surface area contributed by atoms with Gasteiger partial charge in [0.25, 0.3) is 10.0 Å². The highest BCUT2D eigenvalue weighted by Gasteiger charge is 2.19. The van der Waals surface area contributed by atoms with E-state index in [0.717, 1.165) is 17.0 Å². The van der Waals surface area contributed by atoms with Gasteiger partial charge in [0, 0.05) is 34.9 Å². The number of thioether (sulfide) groups is 1. The van der Waals surface area contributed by atoms with E-state index in [1.807, 2.05) is 41.0 Å². The van der Waals surface area contributed by atoms with Gasteiger partial charge in [0.2, 0.25) is 0 Å². The van der Waals surface area contributed by atoms with Gasteiger partial charge in [0.15, 0.2) is 16.8 Å². The fourth-order valence-electron chi connectivity index (χ4n) is 3.77. The molecule has 2 aromatic heterocycles. The Balaban J connectivity index is 1.33. The zero-order chi connectivity index (χ0) is 27.2. The first-order chi connectivity index (χ1) is 18.9. The van der Waals surface area contributed by atoms with Crippen molar-refractivity contribution in [1.29, 1.82) is 0 Å². The number of nitrogens with zero attached hydrogens (tertiary/aromatic N) is 4. The molecule has 0 aliphatic heterocycles. The molecule has 39 heavy (non-hydrogen) atoms. The number of benzene rings is 3. The molecule has 0 bridgehead atoms. The van der Waals surface area contributed by atoms with Crippen LogP contribution in [0, 0.1) is 0 Å². The van der Waals surface area contributed by atoms with E-state index < -0.39 is 10.0 Å². The van der Waals surface area contributed by atoms with Crippen LogP contribution in [0.25, 0.3) is 17.1 Å². The number of rotatable bonds is 10. The number of Topliss-reactive ketones (excluding diaryl/α,β-unsaturated/α-hetero) is 1. The second kappa shape index (κ2) is 11.5. The number of anilines is 1. The maximum Gasteiger partial charge on any atom is 0.261 e. The molecule has 196 valence electrons. The monoisotopic (exact) mass is 557 g/mol. The number of carbonyl (C=O) groups is 1. The van der Waals surface area contributed by atoms with Crippen LogP contribution in [-0.4, -0.2) is 46.8 Å². The third kappa shape index (κ3) is 6.00. The molecule has 0 unspecified atom stereocenters. The van der Waals surface area contributed by atoms with E-state index in [-0.39, 0.29) is 16.4 Å². The summed E-state index contributed by atoms with van der Waals surface area (Å²) in [5, 5.41) is 9.29. The maximum absolute atomic E-state index is 13.0. The van der Waals surface area contributed by atoms with E-state index in [1.165, 1.54) is 23.9 Å². The summed E-state index contributed by atoms with van der Waals surface area (Å²) in [4.78, 5) is 17.2. The van der Waals surface area contributed by atoms with Crippen molar-refractivity contribution in [2.45, 2.75) is 10.1 Å². The van der Waals surface area contributed by atoms with Crippen molar-refractivity contribution in [3.05, 3.63) is 109 Å². The van der Waals surface area contributed by atoms with Gasteiger partial charge >= 0.3 is 0 Å². The zero-order valence-corrected chi connectivity index (χ0v) is 22.4. The van der Waals surface area contributed by atoms with Crippen LogP contribution >= 0.6 is 11.8 Å². The molecule has 5 aromatic rings. The first kappa shape index (κ1) is 26.1. The lowest BCUT2D eigenvalue weighted by Crippen LogP contribution is -2.13. The van der Waals surface area contributed by atoms with Gasteiger partial charge < -0.3 is 4.74 Å². The molecule has 0 fully saturated rings. The minimum Gasteiger partial charge on any atom is -0.497 e. The van der Waals surface area contributed by atoms with Crippen molar-refractivity contribution >= 4 is 33.3 Å². The van der Waals surface area contributed by atoms with Crippen molar-refractivity contribution < 1.29 is 17.9 Å². The predicted octanol–water partition coefficient (Wildman–Crippen LogP) is 5.11. The Morgan fingerprint density at radius 1 is 0.897 bits per heavy atom. The van der Waals surface area contributed by atoms with Gasteiger partial charge in [-0.1, -0.05) is 30.0 Å². The van der Waals surface area contributed by atoms with Crippen LogP contribution in [0.15, 0.2) is 113 Å². The number of methoxy groups -OCH3 is 1. The van der Waals surface area contributed by atoms with Gasteiger partial charge in [-0.05, 0) is 72.8 Å². The van der Waals surface area contributed by atoms with E-state index >= 15 is 0 Å². The largest absolute Gasteiger partial charge is 0.497 e. The van der Waals surface area contributed by atoms with Crippen LogP contribution in [0.2, 0.25) is 0 Å². The van der Waals surface area contributed by atoms with E-state index in [9.17, 15) is 13.2 Å². The summed E-state index contributed by atoms with van der Waals surface area (Å²) in [6, 6.07) is 25.6. The van der Waals surface area contributed by atoms with E-state index in [0.29, 0.717) is 22.2 Å². The standard InChI is InChI=1S/C28H23N5O4S2/c1-37-24-13-11-23(12-14-24)33-27(21-15-17-29-18-16-21)30-31-28(33)38-19-26(34)20-7-9-22(10-8-20)32-39(35,36)25-5-3-2-4-6-25/h2-18,32H,19H2,1H3. The number of sulfonamides is 1. The van der Waals surface area contributed by atoms with Gasteiger partial charge in [0.1, 0.15) is 5.75 Å². The van der Waals surface area contributed by atoms with Gasteiger partial charge in [0.05, 0.1) is 17.8 Å². The second-order valence-corrected chi connectivity index (χ2v) is 10.9. The molecular weight excluding hydrogens is 534 g/mol. The molecule has 0 amide bonds. The Hall–Kier alpha value is -4.48. The van der Waals surface area contributed by atoms with Crippen LogP contribution < -0.4 is 9.46 Å². The minimum absolute atomic E-state index is 0.111. The number of hydrogen-bond donors (Lipinski definition) is 1. The molecule has 0 aliphatic carbocycles. The highest BCUT2D eigenvalue weighted by molar-refractivity contribution is 7.99. The molecule has 5 rings (SSSR count). The highest BCUT2D eigenvalue weighted by atomic mass is 32.2. The van der Waals surface area contributed by atoms with Crippen molar-refractivity contribution in [3.8, 4) is 22.8 Å². The maximum atomic E-state index is 13.0. The van der Waals surface area contributed by atoms with Crippen LogP contribution in [0.5, 0.6) is 5.75 Å². The van der Waals surface area contributed by atoms with Gasteiger partial charge in [-0.2, -0.15) is 0 Å². The summed E-state index contributed by atoms with van der Waals surface area (Å²) in [7, 11) is -2.11. The van der Waals surface area contributed by atoms with Crippen molar-refractivity contribution in [3.63, 3.8) is 0 Å². The molecular formula is C28H23N5O4S2. The molecule has 11 heteroatoms. The number of aromatic nitrogens is 4. The lowest BCUT2D eigenvalue weighted by Gasteiger charge is -2.11. The van der Waals surface area contributed by atoms with Crippen LogP contribution in [0.1, 0.15) is 10.4 Å². The smallest absolute Gasteiger partial charge is 0.261 e. The summed E-state index contributed by atoms with van der Waals surface area (Å²) >= 11 is 1.26. The fraction of sp³-hybridized carbons (Fsp3) is 0.0714. The summed E-state index contributed by atoms with van der Waals surface area (Å²) in [5.41, 5.74) is 2.47. The van der Waals surface area contributed by atoms with Crippen molar-refractivity contribution in [1.82, 2.24) is 19.7 Å². The number of ketones is 1. The molecule has 2 heterocycles. The lowest BCUT2D eigenvalue weighted by molar-refractivity contribution is 0.102. The molecule has 0 saturated heterocycles. The molecule has 1 N–H and O–H groups in total. The normalized spacial score (nSPS) is 11.2. The topological polar surface area (TPSA) is 116 Å². The van der Waals surface area contributed by atoms with Crippen LogP contribution in [0.3, 0.4) is 0 Å². The zero-order valence-electron chi connectivity index (χ0n) is 20.8. The molecule has 0 spiro atoms. The Labute approximate surface area is 230 Å². The number of nitrogens with one attached hydrogen (secondary N) is 1. The average Bonchev–Trinajstić information content (AvgIpc) is 3.41. The fourth-order valence-corrected chi connectivity index (χ4v) is 5.69. The quantitative estimate of drug-likeness (QED) is 0.186. The minimum atomic E-state index is -3.72. The highest BCUT2D eigenvalue weighted by Crippen LogP contribution is 2.29. The van der Waals surface area contributed by atoms with Crippen LogP contribution in [0.4, 0.5) is 5.69 Å². The van der Waals surface area contributed by atoms with E-state index in [2.05, 4.69) is 19.9 Å². The van der Waals surface area contributed by atoms with Gasteiger partial charge in [-0.25, -0.2) is 8.42 Å². The predicted molar refractivity (Wildman–Crippen MR) is 150 cm³/mol. The van der Waals surface area contributed by atoms with Crippen molar-refractivity contribution in [2.75, 3.05) is 17.6 Å². The first-order valence-electron chi connectivity index (χ1n) is 11.8. The number of carbonyl (C=O) groups excluding carboxylic acids is 1. The Morgan fingerprint density at radius 3 is 2.26 bits per heavy atom. The lowest BCUT2D eigenvalue weighted by atomic mass is 10.1. The third-order valence-corrected chi connectivity index (χ3v) is 8.07. The van der Waals surface area contributed by atoms with Gasteiger partial charge in [-0.15, -0.1) is 10.2 Å². The Kier molecular flexibility index (Phi) is 7.71. The number of ether oxygens (including phenoxy) is 1. The van der Waals surface area contributed by atoms with E-state index in [4.69, 9.17) is 4.74 Å². The number of pyridine rings is 1. The average molecular weight is 558 g/mol. The van der Waals surface area contributed by atoms with Crippen LogP contribution in [-0.2, 0) is 10.0 Å². The second-order valence-electron chi connectivity index (χ2n) is 8.28. The molecule has 0 aliphatic rings. The summed E-state index contributed by atoms with van der Waals surface area (Å²) in [5.74, 6) is 1.32. The first-order valence-corrected chi connectivity index (χ1v) is 14.3. The molecule has 0 radical (unpaired) electrons. The van der Waals surface area contributed by atoms with Crippen molar-refractivity contribution in [2.24, 2.45) is 0 Å². The molecule has 9 nitrogen and oxygen atoms in total. The Morgan fingerprint density at radius 2 is 1.59 bits per heavy atom. The summed E-state index contributed by atoms with van der Waals surface area (Å²) < 4.78 is 34.8. The number of hydrogen-bond acceptors (Lipinski definition) is 8. The summed E-state index contributed by atoms with van der Waals surface area (Å²) in [6.07, 6.45) is 3.37. The molecule has 3 aromatic carbocycles. The summed E-state index contributed by atoms with van der Waals surface area (Å²) in [6.45, 7) is 0. The Bertz CT molecular complexity index is 1670. The third-order valence-electron chi connectivity index (χ3n) is 5.75. The molecule has 0 saturated carbocycles. The van der Waals surface area contributed by atoms with Gasteiger partial charge in [-0.3, -0.25) is 19.1 Å². The molecule has 0 atom stereocenters. The van der Waals surface area contributed by atoms with E-state index in [1.54, 1.807) is 62.0 Å². The SMILES string of the molecule is COc1ccc(-n2c(SCC(=O)c3ccc(NS(=O)(=O)c4ccccc4)cc3)nnc2-c2ccncc2)cc1.